The summed E-state index contributed by atoms with van der Waals surface area (Å²) in [6, 6.07) is 17.3. The minimum Gasteiger partial charge on any atom is -0.379 e. The van der Waals surface area contributed by atoms with E-state index in [1.807, 2.05) is 12.3 Å². The lowest BCUT2D eigenvalue weighted by molar-refractivity contribution is 0.0350. The SMILES string of the molecule is CCc1ccccc1-n1c(C)cc([C@H]2[C@H](c3ccccn3)NC(=S)N2CCN2CCOCC2)c1C. The fraction of sp³-hybridized carbons (Fsp3) is 0.429. The maximum Gasteiger partial charge on any atom is 0.170 e. The van der Waals surface area contributed by atoms with Crippen LogP contribution in [-0.2, 0) is 11.2 Å². The number of thiocarbonyl (C=S) groups is 1. The Kier molecular flexibility index (Phi) is 7.18. The number of benzene rings is 1. The molecule has 0 spiro atoms. The molecule has 0 unspecified atom stereocenters. The lowest BCUT2D eigenvalue weighted by Crippen LogP contribution is -2.42. The Balaban J connectivity index is 1.54. The normalized spacial score (nSPS) is 20.9. The van der Waals surface area contributed by atoms with Crippen molar-refractivity contribution in [3.05, 3.63) is 82.9 Å². The maximum absolute atomic E-state index is 5.91. The molecule has 1 N–H and O–H groups in total. The molecule has 5 rings (SSSR count). The van der Waals surface area contributed by atoms with Gasteiger partial charge in [0.25, 0.3) is 0 Å². The Labute approximate surface area is 213 Å². The van der Waals surface area contributed by atoms with E-state index in [0.29, 0.717) is 0 Å². The highest BCUT2D eigenvalue weighted by Gasteiger charge is 2.41. The first-order valence-electron chi connectivity index (χ1n) is 12.6. The topological polar surface area (TPSA) is 45.6 Å². The van der Waals surface area contributed by atoms with Crippen molar-refractivity contribution in [2.24, 2.45) is 0 Å². The standard InChI is InChI=1S/C28H35N5OS/c1-4-22-9-5-6-11-25(22)33-20(2)19-23(21(33)3)27-26(24-10-7-8-12-29-24)30-28(35)32(27)14-13-31-15-17-34-18-16-31/h5-12,19,26-27H,4,13-18H2,1-3H3,(H,30,35)/t26-,27-/m0/s1. The van der Waals surface area contributed by atoms with Crippen LogP contribution in [0.5, 0.6) is 0 Å². The van der Waals surface area contributed by atoms with Crippen LogP contribution in [0.3, 0.4) is 0 Å². The Morgan fingerprint density at radius 2 is 1.83 bits per heavy atom. The second kappa shape index (κ2) is 10.5. The highest BCUT2D eigenvalue weighted by atomic mass is 32.1. The van der Waals surface area contributed by atoms with Crippen molar-refractivity contribution in [3.63, 3.8) is 0 Å². The monoisotopic (exact) mass is 489 g/mol. The summed E-state index contributed by atoms with van der Waals surface area (Å²) in [5.41, 5.74) is 7.44. The summed E-state index contributed by atoms with van der Waals surface area (Å²) < 4.78 is 7.95. The van der Waals surface area contributed by atoms with Gasteiger partial charge in [-0.3, -0.25) is 9.88 Å². The van der Waals surface area contributed by atoms with Gasteiger partial charge in [0.05, 0.1) is 31.0 Å². The van der Waals surface area contributed by atoms with Gasteiger partial charge in [-0.2, -0.15) is 0 Å². The quantitative estimate of drug-likeness (QED) is 0.498. The number of rotatable bonds is 7. The third-order valence-corrected chi connectivity index (χ3v) is 7.71. The van der Waals surface area contributed by atoms with Gasteiger partial charge < -0.3 is 19.5 Å². The van der Waals surface area contributed by atoms with E-state index in [-0.39, 0.29) is 12.1 Å². The van der Waals surface area contributed by atoms with Crippen LogP contribution in [0.2, 0.25) is 0 Å². The number of para-hydroxylation sites is 1. The van der Waals surface area contributed by atoms with Gasteiger partial charge in [-0.05, 0) is 67.9 Å². The second-order valence-electron chi connectivity index (χ2n) is 9.42. The number of nitrogens with one attached hydrogen (secondary N) is 1. The number of hydrogen-bond acceptors (Lipinski definition) is 4. The van der Waals surface area contributed by atoms with Crippen LogP contribution in [0.1, 0.15) is 47.2 Å². The van der Waals surface area contributed by atoms with Crippen molar-refractivity contribution < 1.29 is 4.74 Å². The summed E-state index contributed by atoms with van der Waals surface area (Å²) >= 11 is 5.91. The zero-order chi connectivity index (χ0) is 24.4. The van der Waals surface area contributed by atoms with Gasteiger partial charge in [0, 0.05) is 49.5 Å². The molecule has 6 nitrogen and oxygen atoms in total. The molecular weight excluding hydrogens is 454 g/mol. The molecule has 2 aliphatic rings. The largest absolute Gasteiger partial charge is 0.379 e. The summed E-state index contributed by atoms with van der Waals surface area (Å²) in [6.45, 7) is 12.1. The zero-order valence-corrected chi connectivity index (χ0v) is 21.7. The minimum absolute atomic E-state index is 0.00348. The molecule has 2 saturated heterocycles. The van der Waals surface area contributed by atoms with Gasteiger partial charge in [0.15, 0.2) is 5.11 Å². The van der Waals surface area contributed by atoms with E-state index in [2.05, 4.69) is 82.9 Å². The molecule has 0 radical (unpaired) electrons. The van der Waals surface area contributed by atoms with Crippen LogP contribution < -0.4 is 5.32 Å². The van der Waals surface area contributed by atoms with E-state index < -0.39 is 0 Å². The van der Waals surface area contributed by atoms with Gasteiger partial charge in [-0.15, -0.1) is 0 Å². The molecule has 2 aromatic heterocycles. The Hall–Kier alpha value is -2.74. The van der Waals surface area contributed by atoms with Crippen LogP contribution in [0.15, 0.2) is 54.7 Å². The number of ether oxygens (including phenoxy) is 1. The van der Waals surface area contributed by atoms with Crippen molar-refractivity contribution >= 4 is 17.3 Å². The fourth-order valence-electron chi connectivity index (χ4n) is 5.54. The predicted octanol–water partition coefficient (Wildman–Crippen LogP) is 4.36. The summed E-state index contributed by atoms with van der Waals surface area (Å²) in [5.74, 6) is 0. The van der Waals surface area contributed by atoms with Crippen LogP contribution >= 0.6 is 12.2 Å². The van der Waals surface area contributed by atoms with Gasteiger partial charge in [0.1, 0.15) is 0 Å². The molecule has 7 heteroatoms. The van der Waals surface area contributed by atoms with Gasteiger partial charge >= 0.3 is 0 Å². The molecule has 2 atom stereocenters. The van der Waals surface area contributed by atoms with Gasteiger partial charge in [0.2, 0.25) is 0 Å². The van der Waals surface area contributed by atoms with Crippen molar-refractivity contribution in [2.45, 2.75) is 39.3 Å². The van der Waals surface area contributed by atoms with Crippen molar-refractivity contribution in [1.82, 2.24) is 24.7 Å². The van der Waals surface area contributed by atoms with Gasteiger partial charge in [-0.25, -0.2) is 0 Å². The van der Waals surface area contributed by atoms with Crippen molar-refractivity contribution in [2.75, 3.05) is 39.4 Å². The number of aryl methyl sites for hydroxylation is 2. The third-order valence-electron chi connectivity index (χ3n) is 7.36. The van der Waals surface area contributed by atoms with E-state index in [1.165, 1.54) is 28.2 Å². The summed E-state index contributed by atoms with van der Waals surface area (Å²) in [7, 11) is 0. The summed E-state index contributed by atoms with van der Waals surface area (Å²) in [5, 5.41) is 4.42. The maximum atomic E-state index is 5.91. The zero-order valence-electron chi connectivity index (χ0n) is 20.9. The Morgan fingerprint density at radius 3 is 2.57 bits per heavy atom. The molecule has 3 aromatic rings. The highest BCUT2D eigenvalue weighted by Crippen LogP contribution is 2.41. The number of pyridine rings is 1. The van der Waals surface area contributed by atoms with Crippen molar-refractivity contribution in [1.29, 1.82) is 0 Å². The molecular formula is C28H35N5OS. The number of aromatic nitrogens is 2. The molecule has 1 aromatic carbocycles. The lowest BCUT2D eigenvalue weighted by atomic mass is 9.96. The molecule has 2 aliphatic heterocycles. The smallest absolute Gasteiger partial charge is 0.170 e. The number of hydrogen-bond donors (Lipinski definition) is 1. The van der Waals surface area contributed by atoms with E-state index in [9.17, 15) is 0 Å². The van der Waals surface area contributed by atoms with Crippen molar-refractivity contribution in [3.8, 4) is 5.69 Å². The number of nitrogens with zero attached hydrogens (tertiary/aromatic N) is 4. The average molecular weight is 490 g/mol. The van der Waals surface area contributed by atoms with Crippen LogP contribution in [-0.4, -0.2) is 63.9 Å². The molecule has 2 fully saturated rings. The first-order valence-corrected chi connectivity index (χ1v) is 13.0. The summed E-state index contributed by atoms with van der Waals surface area (Å²) in [6.07, 6.45) is 2.87. The molecule has 4 heterocycles. The first kappa shape index (κ1) is 24.0. The molecule has 0 saturated carbocycles. The number of morpholine rings is 1. The minimum atomic E-state index is 0.00348. The Morgan fingerprint density at radius 1 is 1.06 bits per heavy atom. The molecule has 184 valence electrons. The Bertz CT molecular complexity index is 1170. The summed E-state index contributed by atoms with van der Waals surface area (Å²) in [4.78, 5) is 9.56. The predicted molar refractivity (Wildman–Crippen MR) is 144 cm³/mol. The lowest BCUT2D eigenvalue weighted by Gasteiger charge is -2.32. The van der Waals surface area contributed by atoms with E-state index >= 15 is 0 Å². The van der Waals surface area contributed by atoms with Crippen LogP contribution in [0, 0.1) is 13.8 Å². The van der Waals surface area contributed by atoms with E-state index in [0.717, 1.165) is 56.6 Å². The van der Waals surface area contributed by atoms with Crippen LogP contribution in [0.25, 0.3) is 5.69 Å². The highest BCUT2D eigenvalue weighted by molar-refractivity contribution is 7.80. The molecule has 0 aliphatic carbocycles. The van der Waals surface area contributed by atoms with Crippen LogP contribution in [0.4, 0.5) is 0 Å². The first-order chi connectivity index (χ1) is 17.1. The van der Waals surface area contributed by atoms with E-state index in [4.69, 9.17) is 21.9 Å². The third kappa shape index (κ3) is 4.73. The fourth-order valence-corrected chi connectivity index (χ4v) is 5.88. The molecule has 0 bridgehead atoms. The molecule has 0 amide bonds. The average Bonchev–Trinajstić information content (AvgIpc) is 3.38. The molecule has 35 heavy (non-hydrogen) atoms. The van der Waals surface area contributed by atoms with E-state index in [1.54, 1.807) is 0 Å². The second-order valence-corrected chi connectivity index (χ2v) is 9.80. The van der Waals surface area contributed by atoms with Gasteiger partial charge in [-0.1, -0.05) is 31.2 Å².